The van der Waals surface area contributed by atoms with Crippen LogP contribution in [0.25, 0.3) is 0 Å². The van der Waals surface area contributed by atoms with E-state index < -0.39 is 0 Å². The lowest BCUT2D eigenvalue weighted by molar-refractivity contribution is 0.0300. The summed E-state index contributed by atoms with van der Waals surface area (Å²) in [5.74, 6) is 0. The molecule has 0 spiro atoms. The second kappa shape index (κ2) is 3.46. The zero-order valence-electron chi connectivity index (χ0n) is 8.10. The third kappa shape index (κ3) is 1.32. The number of rotatable bonds is 2. The Balaban J connectivity index is 2.38. The number of aliphatic hydroxyl groups is 1. The van der Waals surface area contributed by atoms with Crippen molar-refractivity contribution in [3.8, 4) is 0 Å². The van der Waals surface area contributed by atoms with Crippen LogP contribution in [-0.2, 0) is 0 Å². The van der Waals surface area contributed by atoms with E-state index in [1.54, 1.807) is 23.9 Å². The van der Waals surface area contributed by atoms with Gasteiger partial charge in [-0.2, -0.15) is 0 Å². The van der Waals surface area contributed by atoms with Crippen LogP contribution in [0.2, 0.25) is 0 Å². The summed E-state index contributed by atoms with van der Waals surface area (Å²) in [5.41, 5.74) is 0.519. The smallest absolute Gasteiger partial charge is 0.274 e. The minimum Gasteiger partial charge on any atom is -0.391 e. The summed E-state index contributed by atoms with van der Waals surface area (Å²) in [6.45, 7) is 0. The van der Waals surface area contributed by atoms with E-state index in [-0.39, 0.29) is 17.7 Å². The molecule has 4 nitrogen and oxygen atoms in total. The van der Waals surface area contributed by atoms with Gasteiger partial charge in [-0.1, -0.05) is 0 Å². The molecule has 0 aromatic carbocycles. The second-order valence-electron chi connectivity index (χ2n) is 3.60. The summed E-state index contributed by atoms with van der Waals surface area (Å²) in [7, 11) is 1.72. The van der Waals surface area contributed by atoms with Crippen molar-refractivity contribution in [3.05, 3.63) is 28.7 Å². The van der Waals surface area contributed by atoms with Gasteiger partial charge in [0.1, 0.15) is 5.69 Å². The number of nitrogens with one attached hydrogen (secondary N) is 1. The van der Waals surface area contributed by atoms with Gasteiger partial charge in [0, 0.05) is 13.2 Å². The zero-order valence-corrected chi connectivity index (χ0v) is 8.10. The fraction of sp³-hybridized carbons (Fsp3) is 0.500. The van der Waals surface area contributed by atoms with Crippen LogP contribution < -0.4 is 10.9 Å². The molecule has 1 heterocycles. The van der Waals surface area contributed by atoms with Gasteiger partial charge in [-0.3, -0.25) is 4.79 Å². The summed E-state index contributed by atoms with van der Waals surface area (Å²) in [6, 6.07) is 3.53. The Morgan fingerprint density at radius 2 is 2.36 bits per heavy atom. The van der Waals surface area contributed by atoms with Crippen LogP contribution in [0.15, 0.2) is 23.1 Å². The first kappa shape index (κ1) is 9.27. The van der Waals surface area contributed by atoms with Gasteiger partial charge in [-0.05, 0) is 25.0 Å². The van der Waals surface area contributed by atoms with Gasteiger partial charge in [-0.25, -0.2) is 0 Å². The first-order valence-electron chi connectivity index (χ1n) is 4.81. The molecule has 1 aromatic rings. The molecular formula is C10H14N2O2. The van der Waals surface area contributed by atoms with Crippen molar-refractivity contribution in [1.29, 1.82) is 0 Å². The summed E-state index contributed by atoms with van der Waals surface area (Å²) >= 11 is 0. The first-order valence-corrected chi connectivity index (χ1v) is 4.81. The van der Waals surface area contributed by atoms with Crippen LogP contribution in [0.3, 0.4) is 0 Å². The molecule has 1 aliphatic carbocycles. The van der Waals surface area contributed by atoms with Gasteiger partial charge < -0.3 is 15.0 Å². The summed E-state index contributed by atoms with van der Waals surface area (Å²) < 4.78 is 1.61. The third-order valence-electron chi connectivity index (χ3n) is 2.80. The molecule has 0 amide bonds. The second-order valence-corrected chi connectivity index (χ2v) is 3.60. The van der Waals surface area contributed by atoms with E-state index in [1.165, 1.54) is 0 Å². The van der Waals surface area contributed by atoms with E-state index in [1.807, 2.05) is 6.07 Å². The maximum Gasteiger partial charge on any atom is 0.274 e. The average molecular weight is 194 g/mol. The molecule has 0 unspecified atom stereocenters. The largest absolute Gasteiger partial charge is 0.391 e. The van der Waals surface area contributed by atoms with Gasteiger partial charge in [0.05, 0.1) is 12.1 Å². The van der Waals surface area contributed by atoms with Crippen molar-refractivity contribution in [3.63, 3.8) is 0 Å². The molecule has 2 rings (SSSR count). The van der Waals surface area contributed by atoms with Gasteiger partial charge >= 0.3 is 0 Å². The van der Waals surface area contributed by atoms with Crippen LogP contribution in [0.1, 0.15) is 18.9 Å². The van der Waals surface area contributed by atoms with Crippen molar-refractivity contribution < 1.29 is 5.11 Å². The topological polar surface area (TPSA) is 54.3 Å². The molecule has 1 saturated carbocycles. The minimum absolute atomic E-state index is 0.0317. The number of nitrogens with zero attached hydrogens (tertiary/aromatic N) is 1. The molecule has 1 aliphatic rings. The van der Waals surface area contributed by atoms with Crippen LogP contribution >= 0.6 is 0 Å². The predicted molar refractivity (Wildman–Crippen MR) is 54.5 cm³/mol. The summed E-state index contributed by atoms with van der Waals surface area (Å²) in [5, 5.41) is 12.3. The number of aliphatic hydroxyl groups excluding tert-OH is 1. The number of hydrogen-bond acceptors (Lipinski definition) is 3. The zero-order chi connectivity index (χ0) is 10.1. The number of pyridine rings is 1. The van der Waals surface area contributed by atoms with Gasteiger partial charge in [0.15, 0.2) is 0 Å². The lowest BCUT2D eigenvalue weighted by atomic mass is 9.89. The molecule has 4 heteroatoms. The number of hydrogen-bond donors (Lipinski definition) is 2. The van der Waals surface area contributed by atoms with E-state index in [9.17, 15) is 9.90 Å². The van der Waals surface area contributed by atoms with Gasteiger partial charge in [0.25, 0.3) is 5.56 Å². The van der Waals surface area contributed by atoms with E-state index in [0.717, 1.165) is 12.8 Å². The monoisotopic (exact) mass is 194 g/mol. The van der Waals surface area contributed by atoms with E-state index in [4.69, 9.17) is 0 Å². The fourth-order valence-corrected chi connectivity index (χ4v) is 1.75. The molecule has 1 aromatic heterocycles. The molecule has 14 heavy (non-hydrogen) atoms. The maximum atomic E-state index is 11.8. The molecule has 2 atom stereocenters. The summed E-state index contributed by atoms with van der Waals surface area (Å²) in [4.78, 5) is 11.8. The lowest BCUT2D eigenvalue weighted by Gasteiger charge is -2.33. The Bertz CT molecular complexity index is 386. The van der Waals surface area contributed by atoms with Crippen LogP contribution in [0.4, 0.5) is 5.69 Å². The van der Waals surface area contributed by atoms with Crippen LogP contribution in [-0.4, -0.2) is 22.8 Å². The van der Waals surface area contributed by atoms with Gasteiger partial charge in [-0.15, -0.1) is 0 Å². The number of anilines is 1. The van der Waals surface area contributed by atoms with Crippen molar-refractivity contribution in [1.82, 2.24) is 4.57 Å². The molecule has 1 fully saturated rings. The third-order valence-corrected chi connectivity index (χ3v) is 2.80. The highest BCUT2D eigenvalue weighted by Gasteiger charge is 2.31. The standard InChI is InChI=1S/C10H14N2O2/c1-11-7-3-2-6-12(10(7)14)8-4-5-9(8)13/h2-3,6,8-9,11,13H,4-5H2,1H3/t8-,9-/m0/s1. The highest BCUT2D eigenvalue weighted by molar-refractivity contribution is 5.39. The van der Waals surface area contributed by atoms with Crippen molar-refractivity contribution in [2.45, 2.75) is 25.0 Å². The minimum atomic E-state index is -0.361. The lowest BCUT2D eigenvalue weighted by Crippen LogP contribution is -2.39. The van der Waals surface area contributed by atoms with E-state index in [2.05, 4.69) is 5.32 Å². The molecule has 0 saturated heterocycles. The summed E-state index contributed by atoms with van der Waals surface area (Å²) in [6.07, 6.45) is 3.05. The molecular weight excluding hydrogens is 180 g/mol. The van der Waals surface area contributed by atoms with Crippen molar-refractivity contribution in [2.24, 2.45) is 0 Å². The number of aromatic nitrogens is 1. The predicted octanol–water partition coefficient (Wildman–Crippen LogP) is 0.586. The van der Waals surface area contributed by atoms with Crippen LogP contribution in [0, 0.1) is 0 Å². The highest BCUT2D eigenvalue weighted by atomic mass is 16.3. The normalized spacial score (nSPS) is 25.6. The quantitative estimate of drug-likeness (QED) is 0.724. The highest BCUT2D eigenvalue weighted by Crippen LogP contribution is 2.30. The Kier molecular flexibility index (Phi) is 2.29. The van der Waals surface area contributed by atoms with Crippen LogP contribution in [0.5, 0.6) is 0 Å². The van der Waals surface area contributed by atoms with Crippen molar-refractivity contribution in [2.75, 3.05) is 12.4 Å². The Morgan fingerprint density at radius 1 is 1.57 bits per heavy atom. The molecule has 2 N–H and O–H groups in total. The first-order chi connectivity index (χ1) is 6.74. The molecule has 0 bridgehead atoms. The SMILES string of the molecule is CNc1cccn([C@H]2CC[C@@H]2O)c1=O. The van der Waals surface area contributed by atoms with Crippen molar-refractivity contribution >= 4 is 5.69 Å². The fourth-order valence-electron chi connectivity index (χ4n) is 1.75. The molecule has 76 valence electrons. The molecule has 0 aliphatic heterocycles. The Hall–Kier alpha value is -1.29. The van der Waals surface area contributed by atoms with Gasteiger partial charge in [0.2, 0.25) is 0 Å². The van der Waals surface area contributed by atoms with E-state index in [0.29, 0.717) is 5.69 Å². The molecule has 0 radical (unpaired) electrons. The average Bonchev–Trinajstić information content (AvgIpc) is 2.19. The Morgan fingerprint density at radius 3 is 2.86 bits per heavy atom. The van der Waals surface area contributed by atoms with E-state index >= 15 is 0 Å². The Labute approximate surface area is 82.2 Å². The maximum absolute atomic E-state index is 11.8.